The van der Waals surface area contributed by atoms with Crippen LogP contribution in [0.15, 0.2) is 30.3 Å². The molecule has 1 aliphatic carbocycles. The molecule has 1 saturated carbocycles. The first-order chi connectivity index (χ1) is 8.07. The van der Waals surface area contributed by atoms with Crippen LogP contribution >= 0.6 is 11.8 Å². The van der Waals surface area contributed by atoms with E-state index in [2.05, 4.69) is 26.0 Å². The summed E-state index contributed by atoms with van der Waals surface area (Å²) in [4.78, 5) is 11.6. The highest BCUT2D eigenvalue weighted by Crippen LogP contribution is 2.60. The van der Waals surface area contributed by atoms with Crippen LogP contribution in [0.3, 0.4) is 0 Å². The van der Waals surface area contributed by atoms with Crippen LogP contribution in [0.5, 0.6) is 0 Å². The topological polar surface area (TPSA) is 26.3 Å². The van der Waals surface area contributed by atoms with Crippen molar-refractivity contribution in [2.45, 2.75) is 24.9 Å². The zero-order valence-corrected chi connectivity index (χ0v) is 11.3. The van der Waals surface area contributed by atoms with E-state index in [4.69, 9.17) is 4.74 Å². The van der Waals surface area contributed by atoms with Crippen molar-refractivity contribution in [2.24, 2.45) is 11.3 Å². The maximum Gasteiger partial charge on any atom is 0.310 e. The van der Waals surface area contributed by atoms with Crippen LogP contribution < -0.4 is 0 Å². The molecule has 1 aromatic rings. The Balaban J connectivity index is 1.91. The lowest BCUT2D eigenvalue weighted by Gasteiger charge is -2.02. The van der Waals surface area contributed by atoms with E-state index in [1.807, 2.05) is 30.0 Å². The Bertz CT molecular complexity index is 400. The lowest BCUT2D eigenvalue weighted by molar-refractivity contribution is -0.142. The minimum atomic E-state index is -0.0689. The van der Waals surface area contributed by atoms with Crippen molar-refractivity contribution in [3.8, 4) is 0 Å². The van der Waals surface area contributed by atoms with Crippen LogP contribution in [0, 0.1) is 11.3 Å². The highest BCUT2D eigenvalue weighted by molar-refractivity contribution is 7.99. The Morgan fingerprint density at radius 2 is 2.00 bits per heavy atom. The van der Waals surface area contributed by atoms with Crippen molar-refractivity contribution in [3.05, 3.63) is 35.9 Å². The average Bonchev–Trinajstić information content (AvgIpc) is 2.89. The van der Waals surface area contributed by atoms with E-state index in [-0.39, 0.29) is 17.3 Å². The van der Waals surface area contributed by atoms with Gasteiger partial charge in [-0.05, 0) is 11.0 Å². The molecule has 2 atom stereocenters. The number of esters is 1. The summed E-state index contributed by atoms with van der Waals surface area (Å²) in [7, 11) is 1.47. The number of ether oxygens (including phenoxy) is 1. The van der Waals surface area contributed by atoms with Crippen molar-refractivity contribution >= 4 is 17.7 Å². The van der Waals surface area contributed by atoms with Crippen LogP contribution in [0.2, 0.25) is 0 Å². The van der Waals surface area contributed by atoms with E-state index in [1.54, 1.807) is 0 Å². The molecule has 0 bridgehead atoms. The Labute approximate surface area is 107 Å². The second-order valence-electron chi connectivity index (χ2n) is 5.04. The molecule has 92 valence electrons. The molecule has 0 aromatic heterocycles. The molecule has 0 N–H and O–H groups in total. The van der Waals surface area contributed by atoms with Crippen LogP contribution in [-0.2, 0) is 15.3 Å². The summed E-state index contributed by atoms with van der Waals surface area (Å²) in [6.07, 6.45) is 0. The number of carbonyl (C=O) groups excluding carboxylic acids is 1. The summed E-state index contributed by atoms with van der Waals surface area (Å²) >= 11 is 1.85. The van der Waals surface area contributed by atoms with E-state index in [0.29, 0.717) is 5.25 Å². The van der Waals surface area contributed by atoms with E-state index in [1.165, 1.54) is 12.7 Å². The molecule has 17 heavy (non-hydrogen) atoms. The Morgan fingerprint density at radius 1 is 1.35 bits per heavy atom. The van der Waals surface area contributed by atoms with Crippen LogP contribution in [-0.4, -0.2) is 18.3 Å². The maximum absolute atomic E-state index is 11.6. The van der Waals surface area contributed by atoms with E-state index < -0.39 is 0 Å². The van der Waals surface area contributed by atoms with Gasteiger partial charge in [-0.25, -0.2) is 0 Å². The zero-order valence-electron chi connectivity index (χ0n) is 10.5. The fourth-order valence-corrected chi connectivity index (χ4v) is 3.93. The van der Waals surface area contributed by atoms with Gasteiger partial charge in [-0.15, -0.1) is 0 Å². The minimum Gasteiger partial charge on any atom is -0.469 e. The fraction of sp³-hybridized carbons (Fsp3) is 0.500. The third-order valence-corrected chi connectivity index (χ3v) is 5.19. The van der Waals surface area contributed by atoms with Gasteiger partial charge in [0.25, 0.3) is 0 Å². The average molecular weight is 250 g/mol. The maximum atomic E-state index is 11.6. The minimum absolute atomic E-state index is 0.0567. The first-order valence-corrected chi connectivity index (χ1v) is 6.85. The molecular formula is C14H18O2S. The van der Waals surface area contributed by atoms with Gasteiger partial charge in [0.2, 0.25) is 0 Å². The summed E-state index contributed by atoms with van der Waals surface area (Å²) in [5, 5.41) is 0.384. The molecule has 1 aliphatic rings. The number of hydrogen-bond donors (Lipinski definition) is 0. The molecule has 0 amide bonds. The number of carbonyl (C=O) groups is 1. The van der Waals surface area contributed by atoms with Gasteiger partial charge in [0, 0.05) is 11.0 Å². The molecule has 0 spiro atoms. The summed E-state index contributed by atoms with van der Waals surface area (Å²) in [5.74, 6) is 0.948. The van der Waals surface area contributed by atoms with Gasteiger partial charge >= 0.3 is 5.97 Å². The van der Waals surface area contributed by atoms with Gasteiger partial charge in [0.05, 0.1) is 13.0 Å². The quantitative estimate of drug-likeness (QED) is 0.768. The predicted octanol–water partition coefficient (Wildman–Crippen LogP) is 3.12. The molecule has 2 nitrogen and oxygen atoms in total. The molecule has 0 unspecified atom stereocenters. The van der Waals surface area contributed by atoms with E-state index in [0.717, 1.165) is 5.75 Å². The Morgan fingerprint density at radius 3 is 2.59 bits per heavy atom. The number of rotatable bonds is 4. The molecule has 0 aliphatic heterocycles. The highest BCUT2D eigenvalue weighted by Gasteiger charge is 2.62. The monoisotopic (exact) mass is 250 g/mol. The van der Waals surface area contributed by atoms with Crippen LogP contribution in [0.25, 0.3) is 0 Å². The third-order valence-electron chi connectivity index (χ3n) is 3.46. The first-order valence-electron chi connectivity index (χ1n) is 5.80. The van der Waals surface area contributed by atoms with Gasteiger partial charge in [0.1, 0.15) is 0 Å². The van der Waals surface area contributed by atoms with Crippen molar-refractivity contribution in [2.75, 3.05) is 7.11 Å². The predicted molar refractivity (Wildman–Crippen MR) is 70.8 cm³/mol. The van der Waals surface area contributed by atoms with Gasteiger partial charge in [-0.1, -0.05) is 44.2 Å². The van der Waals surface area contributed by atoms with Gasteiger partial charge < -0.3 is 4.74 Å². The molecular weight excluding hydrogens is 232 g/mol. The molecule has 0 heterocycles. The highest BCUT2D eigenvalue weighted by atomic mass is 32.2. The van der Waals surface area contributed by atoms with Gasteiger partial charge in [0.15, 0.2) is 0 Å². The van der Waals surface area contributed by atoms with Gasteiger partial charge in [-0.3, -0.25) is 4.79 Å². The smallest absolute Gasteiger partial charge is 0.310 e. The normalized spacial score (nSPS) is 25.4. The van der Waals surface area contributed by atoms with Crippen molar-refractivity contribution in [1.29, 1.82) is 0 Å². The second kappa shape index (κ2) is 4.73. The van der Waals surface area contributed by atoms with Crippen LogP contribution in [0.1, 0.15) is 19.4 Å². The summed E-state index contributed by atoms with van der Waals surface area (Å²) in [6.45, 7) is 4.27. The standard InChI is InChI=1S/C14H18O2S/c1-14(2)11(13(15)16-3)12(14)17-9-10-7-5-4-6-8-10/h4-8,11-12H,9H2,1-3H3/t11-,12+/m1/s1. The van der Waals surface area contributed by atoms with E-state index >= 15 is 0 Å². The number of benzene rings is 1. The number of methoxy groups -OCH3 is 1. The Kier molecular flexibility index (Phi) is 3.48. The SMILES string of the molecule is COC(=O)[C@H]1[C@H](SCc2ccccc2)C1(C)C. The third kappa shape index (κ3) is 2.49. The number of thioether (sulfide) groups is 1. The molecule has 2 rings (SSSR count). The van der Waals surface area contributed by atoms with Crippen molar-refractivity contribution in [1.82, 2.24) is 0 Å². The fourth-order valence-electron chi connectivity index (χ4n) is 2.22. The lowest BCUT2D eigenvalue weighted by atomic mass is 10.1. The summed E-state index contributed by atoms with van der Waals surface area (Å²) in [5.41, 5.74) is 1.39. The van der Waals surface area contributed by atoms with Crippen molar-refractivity contribution in [3.63, 3.8) is 0 Å². The summed E-state index contributed by atoms with van der Waals surface area (Å²) < 4.78 is 4.84. The largest absolute Gasteiger partial charge is 0.469 e. The molecule has 1 fully saturated rings. The second-order valence-corrected chi connectivity index (χ2v) is 6.17. The molecule has 3 heteroatoms. The Hall–Kier alpha value is -0.960. The lowest BCUT2D eigenvalue weighted by Crippen LogP contribution is -2.07. The first kappa shape index (κ1) is 12.5. The van der Waals surface area contributed by atoms with E-state index in [9.17, 15) is 4.79 Å². The molecule has 0 saturated heterocycles. The summed E-state index contributed by atoms with van der Waals surface area (Å²) in [6, 6.07) is 10.4. The zero-order chi connectivity index (χ0) is 12.5. The van der Waals surface area contributed by atoms with Crippen molar-refractivity contribution < 1.29 is 9.53 Å². The number of hydrogen-bond acceptors (Lipinski definition) is 3. The molecule has 1 aromatic carbocycles. The molecule has 0 radical (unpaired) electrons. The van der Waals surface area contributed by atoms with Crippen LogP contribution in [0.4, 0.5) is 0 Å². The van der Waals surface area contributed by atoms with Gasteiger partial charge in [-0.2, -0.15) is 11.8 Å².